The van der Waals surface area contributed by atoms with Crippen LogP contribution in [0.15, 0.2) is 30.4 Å². The smallest absolute Gasteiger partial charge is 0.122 e. The van der Waals surface area contributed by atoms with E-state index in [2.05, 4.69) is 18.7 Å². The van der Waals surface area contributed by atoms with Crippen molar-refractivity contribution < 1.29 is 4.74 Å². The van der Waals surface area contributed by atoms with Gasteiger partial charge in [0.2, 0.25) is 0 Å². The predicted octanol–water partition coefficient (Wildman–Crippen LogP) is 3.01. The topological polar surface area (TPSA) is 35.2 Å². The van der Waals surface area contributed by atoms with Gasteiger partial charge >= 0.3 is 0 Å². The molecule has 1 aliphatic heterocycles. The number of halogens is 1. The molecule has 0 aliphatic carbocycles. The summed E-state index contributed by atoms with van der Waals surface area (Å²) in [5.41, 5.74) is 9.68. The fourth-order valence-electron chi connectivity index (χ4n) is 1.93. The summed E-state index contributed by atoms with van der Waals surface area (Å²) < 4.78 is 5.46. The zero-order valence-electron chi connectivity index (χ0n) is 9.53. The molecular weight excluding hydrogens is 222 g/mol. The maximum Gasteiger partial charge on any atom is 0.122 e. The number of rotatable bonds is 3. The minimum absolute atomic E-state index is 0. The number of fused-ring (bicyclic) bond motifs is 1. The Hall–Kier alpha value is -0.990. The van der Waals surface area contributed by atoms with E-state index in [4.69, 9.17) is 10.5 Å². The Morgan fingerprint density at radius 2 is 2.31 bits per heavy atom. The SMILES string of the molecule is C=C(C)C[C@@H](N)c1ccc2c(c1)CCO2.Cl. The molecular formula is C13H18ClNO. The van der Waals surface area contributed by atoms with Crippen molar-refractivity contribution in [2.24, 2.45) is 5.73 Å². The monoisotopic (exact) mass is 239 g/mol. The van der Waals surface area contributed by atoms with Crippen molar-refractivity contribution in [1.82, 2.24) is 0 Å². The highest BCUT2D eigenvalue weighted by molar-refractivity contribution is 5.85. The summed E-state index contributed by atoms with van der Waals surface area (Å²) >= 11 is 0. The molecule has 1 aromatic rings. The Kier molecular flexibility index (Phi) is 4.39. The fraction of sp³-hybridized carbons (Fsp3) is 0.385. The molecule has 16 heavy (non-hydrogen) atoms. The van der Waals surface area contributed by atoms with Gasteiger partial charge in [0.1, 0.15) is 5.75 Å². The summed E-state index contributed by atoms with van der Waals surface area (Å²) in [6, 6.07) is 6.30. The zero-order chi connectivity index (χ0) is 10.8. The molecule has 0 spiro atoms. The van der Waals surface area contributed by atoms with Gasteiger partial charge in [0.15, 0.2) is 0 Å². The first-order chi connectivity index (χ1) is 7.16. The van der Waals surface area contributed by atoms with Crippen LogP contribution in [0.1, 0.15) is 30.5 Å². The van der Waals surface area contributed by atoms with Gasteiger partial charge in [-0.05, 0) is 30.5 Å². The van der Waals surface area contributed by atoms with Gasteiger partial charge in [-0.3, -0.25) is 0 Å². The largest absolute Gasteiger partial charge is 0.493 e. The van der Waals surface area contributed by atoms with Crippen LogP contribution in [0.3, 0.4) is 0 Å². The summed E-state index contributed by atoms with van der Waals surface area (Å²) in [4.78, 5) is 0. The molecule has 1 heterocycles. The average molecular weight is 240 g/mol. The minimum Gasteiger partial charge on any atom is -0.493 e. The van der Waals surface area contributed by atoms with Crippen LogP contribution >= 0.6 is 12.4 Å². The van der Waals surface area contributed by atoms with E-state index in [0.29, 0.717) is 0 Å². The third-order valence-electron chi connectivity index (χ3n) is 2.71. The minimum atomic E-state index is 0. The van der Waals surface area contributed by atoms with Crippen molar-refractivity contribution in [1.29, 1.82) is 0 Å². The molecule has 0 amide bonds. The molecule has 0 saturated heterocycles. The van der Waals surface area contributed by atoms with Crippen molar-refractivity contribution in [2.45, 2.75) is 25.8 Å². The van der Waals surface area contributed by atoms with Gasteiger partial charge in [-0.2, -0.15) is 0 Å². The van der Waals surface area contributed by atoms with E-state index >= 15 is 0 Å². The molecule has 0 bridgehead atoms. The molecule has 0 unspecified atom stereocenters. The van der Waals surface area contributed by atoms with Crippen LogP contribution in [0, 0.1) is 0 Å². The molecule has 2 nitrogen and oxygen atoms in total. The first-order valence-electron chi connectivity index (χ1n) is 5.32. The predicted molar refractivity (Wildman–Crippen MR) is 69.2 cm³/mol. The van der Waals surface area contributed by atoms with E-state index in [1.165, 1.54) is 11.1 Å². The maximum absolute atomic E-state index is 6.09. The van der Waals surface area contributed by atoms with Crippen molar-refractivity contribution >= 4 is 12.4 Å². The first kappa shape index (κ1) is 13.1. The second-order valence-corrected chi connectivity index (χ2v) is 4.23. The molecule has 88 valence electrons. The molecule has 1 aliphatic rings. The molecule has 0 aromatic heterocycles. The van der Waals surface area contributed by atoms with E-state index in [0.717, 1.165) is 30.8 Å². The lowest BCUT2D eigenvalue weighted by Crippen LogP contribution is -2.10. The third-order valence-corrected chi connectivity index (χ3v) is 2.71. The Morgan fingerprint density at radius 3 is 3.00 bits per heavy atom. The fourth-order valence-corrected chi connectivity index (χ4v) is 1.93. The lowest BCUT2D eigenvalue weighted by molar-refractivity contribution is 0.357. The van der Waals surface area contributed by atoms with Crippen LogP contribution in [0.4, 0.5) is 0 Å². The van der Waals surface area contributed by atoms with Crippen LogP contribution in [0.2, 0.25) is 0 Å². The molecule has 0 saturated carbocycles. The second kappa shape index (κ2) is 5.37. The van der Waals surface area contributed by atoms with E-state index in [1.807, 2.05) is 13.0 Å². The molecule has 2 N–H and O–H groups in total. The quantitative estimate of drug-likeness (QED) is 0.823. The van der Waals surface area contributed by atoms with Crippen LogP contribution < -0.4 is 10.5 Å². The van der Waals surface area contributed by atoms with Gasteiger partial charge in [-0.1, -0.05) is 17.7 Å². The molecule has 0 fully saturated rings. The van der Waals surface area contributed by atoms with Gasteiger partial charge in [0, 0.05) is 12.5 Å². The van der Waals surface area contributed by atoms with Gasteiger partial charge in [-0.15, -0.1) is 19.0 Å². The van der Waals surface area contributed by atoms with E-state index in [1.54, 1.807) is 0 Å². The van der Waals surface area contributed by atoms with E-state index in [-0.39, 0.29) is 18.4 Å². The van der Waals surface area contributed by atoms with Crippen molar-refractivity contribution in [3.63, 3.8) is 0 Å². The standard InChI is InChI=1S/C13H17NO.ClH/c1-9(2)7-12(14)10-3-4-13-11(8-10)5-6-15-13;/h3-4,8,12H,1,5-7,14H2,2H3;1H/t12-;/m1./s1. The first-order valence-corrected chi connectivity index (χ1v) is 5.32. The van der Waals surface area contributed by atoms with Gasteiger partial charge in [-0.25, -0.2) is 0 Å². The van der Waals surface area contributed by atoms with Gasteiger partial charge in [0.25, 0.3) is 0 Å². The summed E-state index contributed by atoms with van der Waals surface area (Å²) in [7, 11) is 0. The molecule has 3 heteroatoms. The average Bonchev–Trinajstić information content (AvgIpc) is 2.62. The third kappa shape index (κ3) is 2.77. The van der Waals surface area contributed by atoms with Crippen LogP contribution in [0.5, 0.6) is 5.75 Å². The van der Waals surface area contributed by atoms with Crippen molar-refractivity contribution in [3.05, 3.63) is 41.5 Å². The number of benzene rings is 1. The number of hydrogen-bond donors (Lipinski definition) is 1. The lowest BCUT2D eigenvalue weighted by Gasteiger charge is -2.12. The van der Waals surface area contributed by atoms with E-state index in [9.17, 15) is 0 Å². The summed E-state index contributed by atoms with van der Waals surface area (Å²) in [5.74, 6) is 1.02. The van der Waals surface area contributed by atoms with Crippen LogP contribution in [-0.2, 0) is 6.42 Å². The summed E-state index contributed by atoms with van der Waals surface area (Å²) in [6.45, 7) is 6.70. The molecule has 0 radical (unpaired) electrons. The Balaban J connectivity index is 0.00000128. The van der Waals surface area contributed by atoms with Gasteiger partial charge < -0.3 is 10.5 Å². The highest BCUT2D eigenvalue weighted by Crippen LogP contribution is 2.28. The molecule has 1 atom stereocenters. The summed E-state index contributed by atoms with van der Waals surface area (Å²) in [6.07, 6.45) is 1.85. The number of hydrogen-bond acceptors (Lipinski definition) is 2. The Bertz CT molecular complexity index is 390. The van der Waals surface area contributed by atoms with Crippen molar-refractivity contribution in [2.75, 3.05) is 6.61 Å². The number of ether oxygens (including phenoxy) is 1. The van der Waals surface area contributed by atoms with Gasteiger partial charge in [0.05, 0.1) is 6.61 Å². The molecule has 1 aromatic carbocycles. The highest BCUT2D eigenvalue weighted by atomic mass is 35.5. The summed E-state index contributed by atoms with van der Waals surface area (Å²) in [5, 5.41) is 0. The normalized spacial score (nSPS) is 14.6. The highest BCUT2D eigenvalue weighted by Gasteiger charge is 2.14. The van der Waals surface area contributed by atoms with Crippen LogP contribution in [0.25, 0.3) is 0 Å². The molecule has 2 rings (SSSR count). The maximum atomic E-state index is 6.09. The number of nitrogens with two attached hydrogens (primary N) is 1. The van der Waals surface area contributed by atoms with Crippen molar-refractivity contribution in [3.8, 4) is 5.75 Å². The Morgan fingerprint density at radius 1 is 1.56 bits per heavy atom. The second-order valence-electron chi connectivity index (χ2n) is 4.23. The Labute approximate surface area is 103 Å². The lowest BCUT2D eigenvalue weighted by atomic mass is 9.98. The van der Waals surface area contributed by atoms with Crippen LogP contribution in [-0.4, -0.2) is 6.61 Å². The van der Waals surface area contributed by atoms with E-state index < -0.39 is 0 Å². The zero-order valence-corrected chi connectivity index (χ0v) is 10.3.